The normalized spacial score (nSPS) is 20.8. The molecule has 0 atom stereocenters. The number of amides is 1. The fourth-order valence-electron chi connectivity index (χ4n) is 4.42. The lowest BCUT2D eigenvalue weighted by molar-refractivity contribution is -0.141. The quantitative estimate of drug-likeness (QED) is 0.803. The molecule has 2 fully saturated rings. The van der Waals surface area contributed by atoms with Gasteiger partial charge in [-0.1, -0.05) is 17.7 Å². The van der Waals surface area contributed by atoms with E-state index in [4.69, 9.17) is 4.74 Å². The van der Waals surface area contributed by atoms with E-state index in [1.807, 2.05) is 0 Å². The maximum atomic E-state index is 12.1. The smallest absolute Gasteiger partial charge is 0.222 e. The number of likely N-dealkylation sites (tertiary alicyclic amines) is 2. The van der Waals surface area contributed by atoms with Crippen LogP contribution >= 0.6 is 0 Å². The van der Waals surface area contributed by atoms with Gasteiger partial charge in [0.05, 0.1) is 0 Å². The van der Waals surface area contributed by atoms with Gasteiger partial charge in [0.2, 0.25) is 5.91 Å². The van der Waals surface area contributed by atoms with Gasteiger partial charge in [0, 0.05) is 25.6 Å². The van der Waals surface area contributed by atoms with Crippen molar-refractivity contribution in [3.63, 3.8) is 0 Å². The van der Waals surface area contributed by atoms with Gasteiger partial charge < -0.3 is 9.64 Å². The van der Waals surface area contributed by atoms with Gasteiger partial charge in [-0.05, 0) is 77.1 Å². The first-order chi connectivity index (χ1) is 12.4. The molecule has 1 spiro atoms. The lowest BCUT2D eigenvalue weighted by atomic mass is 9.72. The van der Waals surface area contributed by atoms with E-state index in [0.717, 1.165) is 51.4 Å². The highest BCUT2D eigenvalue weighted by Gasteiger charge is 2.41. The standard InChI is InChI=1S/C22H34N2O2/c1-17(2)24-16-22(8-7-21(24)25)9-11-23(12-10-22)13-14-26-20-6-5-18(3)15-19(20)4/h5-6,15,17H,7-14,16H2,1-4H3. The Balaban J connectivity index is 1.46. The fourth-order valence-corrected chi connectivity index (χ4v) is 4.42. The zero-order valence-corrected chi connectivity index (χ0v) is 16.9. The van der Waals surface area contributed by atoms with Gasteiger partial charge in [0.1, 0.15) is 12.4 Å². The number of aryl methyl sites for hydroxylation is 2. The molecule has 0 aliphatic carbocycles. The summed E-state index contributed by atoms with van der Waals surface area (Å²) in [6, 6.07) is 6.68. The number of nitrogens with zero attached hydrogens (tertiary/aromatic N) is 2. The Labute approximate surface area is 158 Å². The third-order valence-corrected chi connectivity index (χ3v) is 6.23. The molecule has 1 aromatic carbocycles. The number of hydrogen-bond donors (Lipinski definition) is 0. The van der Waals surface area contributed by atoms with Gasteiger partial charge >= 0.3 is 0 Å². The molecule has 26 heavy (non-hydrogen) atoms. The van der Waals surface area contributed by atoms with Crippen LogP contribution in [0.3, 0.4) is 0 Å². The Bertz CT molecular complexity index is 633. The third kappa shape index (κ3) is 4.40. The SMILES string of the molecule is Cc1ccc(OCCN2CCC3(CCC(=O)N(C(C)C)C3)CC2)c(C)c1. The average molecular weight is 359 g/mol. The van der Waals surface area contributed by atoms with E-state index < -0.39 is 0 Å². The van der Waals surface area contributed by atoms with Crippen LogP contribution in [0.15, 0.2) is 18.2 Å². The number of piperidine rings is 2. The van der Waals surface area contributed by atoms with Crippen molar-refractivity contribution in [2.24, 2.45) is 5.41 Å². The zero-order chi connectivity index (χ0) is 18.7. The van der Waals surface area contributed by atoms with Crippen LogP contribution in [0.25, 0.3) is 0 Å². The van der Waals surface area contributed by atoms with E-state index in [1.54, 1.807) is 0 Å². The molecule has 0 saturated carbocycles. The lowest BCUT2D eigenvalue weighted by Crippen LogP contribution is -2.53. The summed E-state index contributed by atoms with van der Waals surface area (Å²) < 4.78 is 6.00. The minimum absolute atomic E-state index is 0.323. The van der Waals surface area contributed by atoms with Gasteiger partial charge in [-0.15, -0.1) is 0 Å². The van der Waals surface area contributed by atoms with E-state index in [1.165, 1.54) is 24.0 Å². The Morgan fingerprint density at radius 2 is 1.88 bits per heavy atom. The Morgan fingerprint density at radius 1 is 1.15 bits per heavy atom. The maximum absolute atomic E-state index is 12.1. The van der Waals surface area contributed by atoms with Crippen LogP contribution < -0.4 is 4.74 Å². The fraction of sp³-hybridized carbons (Fsp3) is 0.682. The molecule has 2 saturated heterocycles. The van der Waals surface area contributed by atoms with Gasteiger partial charge in [0.15, 0.2) is 0 Å². The van der Waals surface area contributed by atoms with Gasteiger partial charge in [0.25, 0.3) is 0 Å². The molecular formula is C22H34N2O2. The molecule has 0 aromatic heterocycles. The summed E-state index contributed by atoms with van der Waals surface area (Å²) >= 11 is 0. The van der Waals surface area contributed by atoms with Gasteiger partial charge in [-0.25, -0.2) is 0 Å². The molecule has 2 aliphatic heterocycles. The summed E-state index contributed by atoms with van der Waals surface area (Å²) in [4.78, 5) is 16.8. The van der Waals surface area contributed by atoms with E-state index >= 15 is 0 Å². The molecule has 0 bridgehead atoms. The van der Waals surface area contributed by atoms with Crippen LogP contribution in [0.2, 0.25) is 0 Å². The van der Waals surface area contributed by atoms with E-state index in [9.17, 15) is 4.79 Å². The monoisotopic (exact) mass is 358 g/mol. The minimum Gasteiger partial charge on any atom is -0.492 e. The topological polar surface area (TPSA) is 32.8 Å². The minimum atomic E-state index is 0.323. The first-order valence-electron chi connectivity index (χ1n) is 10.1. The van der Waals surface area contributed by atoms with Crippen molar-refractivity contribution in [3.05, 3.63) is 29.3 Å². The summed E-state index contributed by atoms with van der Waals surface area (Å²) in [7, 11) is 0. The van der Waals surface area contributed by atoms with Crippen LogP contribution in [-0.2, 0) is 4.79 Å². The number of carbonyl (C=O) groups excluding carboxylic acids is 1. The highest BCUT2D eigenvalue weighted by atomic mass is 16.5. The van der Waals surface area contributed by atoms with Gasteiger partial charge in [-0.3, -0.25) is 9.69 Å². The highest BCUT2D eigenvalue weighted by Crippen LogP contribution is 2.40. The summed E-state index contributed by atoms with van der Waals surface area (Å²) in [5.41, 5.74) is 2.84. The maximum Gasteiger partial charge on any atom is 0.222 e. The van der Waals surface area contributed by atoms with Crippen molar-refractivity contribution in [3.8, 4) is 5.75 Å². The number of benzene rings is 1. The summed E-state index contributed by atoms with van der Waals surface area (Å²) in [5.74, 6) is 1.34. The van der Waals surface area contributed by atoms with Crippen LogP contribution in [0, 0.1) is 19.3 Å². The van der Waals surface area contributed by atoms with Crippen LogP contribution in [-0.4, -0.2) is 54.5 Å². The molecule has 2 heterocycles. The molecule has 1 aromatic rings. The molecular weight excluding hydrogens is 324 g/mol. The summed E-state index contributed by atoms with van der Waals surface area (Å²) in [6.45, 7) is 13.4. The third-order valence-electron chi connectivity index (χ3n) is 6.23. The molecule has 0 radical (unpaired) electrons. The van der Waals surface area contributed by atoms with Crippen LogP contribution in [0.4, 0.5) is 0 Å². The number of hydrogen-bond acceptors (Lipinski definition) is 3. The number of carbonyl (C=O) groups is 1. The Kier molecular flexibility index (Phi) is 5.91. The van der Waals surface area contributed by atoms with Crippen LogP contribution in [0.5, 0.6) is 5.75 Å². The highest BCUT2D eigenvalue weighted by molar-refractivity contribution is 5.77. The predicted octanol–water partition coefficient (Wildman–Crippen LogP) is 3.80. The molecule has 4 heteroatoms. The second-order valence-electron chi connectivity index (χ2n) is 8.57. The van der Waals surface area contributed by atoms with Crippen molar-refractivity contribution >= 4 is 5.91 Å². The molecule has 2 aliphatic rings. The molecule has 0 N–H and O–H groups in total. The lowest BCUT2D eigenvalue weighted by Gasteiger charge is -2.48. The Hall–Kier alpha value is -1.55. The van der Waals surface area contributed by atoms with Crippen molar-refractivity contribution in [1.29, 1.82) is 0 Å². The summed E-state index contributed by atoms with van der Waals surface area (Å²) in [5, 5.41) is 0. The number of ether oxygens (including phenoxy) is 1. The Morgan fingerprint density at radius 3 is 2.54 bits per heavy atom. The van der Waals surface area contributed by atoms with Crippen molar-refractivity contribution in [2.75, 3.05) is 32.8 Å². The molecule has 144 valence electrons. The van der Waals surface area contributed by atoms with Crippen molar-refractivity contribution < 1.29 is 9.53 Å². The largest absolute Gasteiger partial charge is 0.492 e. The summed E-state index contributed by atoms with van der Waals surface area (Å²) in [6.07, 6.45) is 4.20. The van der Waals surface area contributed by atoms with E-state index in [2.05, 4.69) is 55.7 Å². The van der Waals surface area contributed by atoms with E-state index in [0.29, 0.717) is 17.4 Å². The first-order valence-corrected chi connectivity index (χ1v) is 10.1. The molecule has 0 unspecified atom stereocenters. The van der Waals surface area contributed by atoms with Crippen LogP contribution in [0.1, 0.15) is 50.7 Å². The van der Waals surface area contributed by atoms with Crippen molar-refractivity contribution in [1.82, 2.24) is 9.80 Å². The molecule has 1 amide bonds. The predicted molar refractivity (Wildman–Crippen MR) is 106 cm³/mol. The average Bonchev–Trinajstić information content (AvgIpc) is 2.61. The second kappa shape index (κ2) is 7.99. The molecule has 4 nitrogen and oxygen atoms in total. The molecule has 3 rings (SSSR count). The zero-order valence-electron chi connectivity index (χ0n) is 16.9. The first kappa shape index (κ1) is 19.2. The van der Waals surface area contributed by atoms with Crippen molar-refractivity contribution in [2.45, 2.75) is 59.4 Å². The second-order valence-corrected chi connectivity index (χ2v) is 8.57. The number of rotatable bonds is 5. The van der Waals surface area contributed by atoms with E-state index in [-0.39, 0.29) is 0 Å². The van der Waals surface area contributed by atoms with Gasteiger partial charge in [-0.2, -0.15) is 0 Å².